The SMILES string of the molecule is CCCCCCCCCCCCCCCCCC/C=C/C(O)C(COC1OC(CO)C(OC2OC(CO)C(O)C(O)C2O)C(O)C1O)NC(=O)CCCCCCCCCCCCC. The van der Waals surface area contributed by atoms with Gasteiger partial charge in [0.1, 0.15) is 48.8 Å². The number of nitrogens with one attached hydrogen (secondary N) is 1. The number of hydrogen-bond acceptors (Lipinski definition) is 13. The van der Waals surface area contributed by atoms with Gasteiger partial charge in [-0.25, -0.2) is 0 Å². The average molecular weight is 904 g/mol. The van der Waals surface area contributed by atoms with Crippen molar-refractivity contribution in [3.05, 3.63) is 12.2 Å². The Morgan fingerprint density at radius 1 is 0.556 bits per heavy atom. The number of carbonyl (C=O) groups is 1. The van der Waals surface area contributed by atoms with Crippen LogP contribution in [0, 0.1) is 0 Å². The summed E-state index contributed by atoms with van der Waals surface area (Å²) in [6.45, 7) is 2.78. The molecule has 0 saturated carbocycles. The molecule has 2 fully saturated rings. The zero-order valence-electron chi connectivity index (χ0n) is 39.3. The van der Waals surface area contributed by atoms with Gasteiger partial charge in [-0.05, 0) is 19.3 Å². The Labute approximate surface area is 380 Å². The topological polar surface area (TPSA) is 228 Å². The summed E-state index contributed by atoms with van der Waals surface area (Å²) in [5, 5.41) is 86.6. The van der Waals surface area contributed by atoms with Crippen molar-refractivity contribution in [1.82, 2.24) is 5.32 Å². The lowest BCUT2D eigenvalue weighted by atomic mass is 9.97. The molecule has 0 aromatic carbocycles. The number of ether oxygens (including phenoxy) is 4. The largest absolute Gasteiger partial charge is 0.394 e. The lowest BCUT2D eigenvalue weighted by Gasteiger charge is -2.46. The Morgan fingerprint density at radius 2 is 0.984 bits per heavy atom. The molecule has 2 saturated heterocycles. The van der Waals surface area contributed by atoms with Crippen LogP contribution in [0.1, 0.15) is 200 Å². The number of carbonyl (C=O) groups excluding carboxylic acids is 1. The van der Waals surface area contributed by atoms with Crippen LogP contribution in [0.4, 0.5) is 0 Å². The van der Waals surface area contributed by atoms with Crippen molar-refractivity contribution in [3.63, 3.8) is 0 Å². The highest BCUT2D eigenvalue weighted by atomic mass is 16.7. The molecule has 12 atom stereocenters. The first kappa shape index (κ1) is 57.9. The van der Waals surface area contributed by atoms with E-state index < -0.39 is 86.8 Å². The van der Waals surface area contributed by atoms with Crippen LogP contribution in [0.15, 0.2) is 12.2 Å². The van der Waals surface area contributed by atoms with E-state index in [-0.39, 0.29) is 18.9 Å². The van der Waals surface area contributed by atoms with E-state index in [1.165, 1.54) is 135 Å². The molecular formula is C49H93NO13. The highest BCUT2D eigenvalue weighted by Crippen LogP contribution is 2.30. The van der Waals surface area contributed by atoms with Crippen LogP contribution < -0.4 is 5.32 Å². The van der Waals surface area contributed by atoms with Crippen LogP contribution in [-0.2, 0) is 23.7 Å². The quantitative estimate of drug-likeness (QED) is 0.0241. The molecule has 0 aromatic heterocycles. The van der Waals surface area contributed by atoms with Gasteiger partial charge in [-0.15, -0.1) is 0 Å². The third-order valence-corrected chi connectivity index (χ3v) is 12.7. The molecular weight excluding hydrogens is 811 g/mol. The van der Waals surface area contributed by atoms with Gasteiger partial charge in [0, 0.05) is 6.42 Å². The lowest BCUT2D eigenvalue weighted by molar-refractivity contribution is -0.359. The predicted octanol–water partition coefficient (Wildman–Crippen LogP) is 6.38. The second-order valence-electron chi connectivity index (χ2n) is 18.3. The van der Waals surface area contributed by atoms with E-state index in [1.807, 2.05) is 6.08 Å². The van der Waals surface area contributed by atoms with Crippen LogP contribution >= 0.6 is 0 Å². The van der Waals surface area contributed by atoms with Gasteiger partial charge < -0.3 is 65.1 Å². The summed E-state index contributed by atoms with van der Waals surface area (Å²) in [6, 6.07) is -0.907. The Hall–Kier alpha value is -1.27. The third kappa shape index (κ3) is 24.4. The first-order valence-electron chi connectivity index (χ1n) is 25.4. The summed E-state index contributed by atoms with van der Waals surface area (Å²) in [5.41, 5.74) is 0. The predicted molar refractivity (Wildman–Crippen MR) is 245 cm³/mol. The number of unbranched alkanes of at least 4 members (excludes halogenated alkanes) is 26. The summed E-state index contributed by atoms with van der Waals surface area (Å²) in [4.78, 5) is 13.1. The minimum Gasteiger partial charge on any atom is -0.394 e. The fraction of sp³-hybridized carbons (Fsp3) is 0.939. The minimum absolute atomic E-state index is 0.240. The van der Waals surface area contributed by atoms with E-state index in [0.717, 1.165) is 38.5 Å². The fourth-order valence-corrected chi connectivity index (χ4v) is 8.53. The van der Waals surface area contributed by atoms with E-state index in [4.69, 9.17) is 18.9 Å². The van der Waals surface area contributed by atoms with Gasteiger partial charge >= 0.3 is 0 Å². The Balaban J connectivity index is 1.84. The first-order valence-corrected chi connectivity index (χ1v) is 25.4. The van der Waals surface area contributed by atoms with Crippen molar-refractivity contribution in [2.24, 2.45) is 0 Å². The molecule has 2 aliphatic rings. The van der Waals surface area contributed by atoms with Crippen LogP contribution in [0.25, 0.3) is 0 Å². The molecule has 372 valence electrons. The molecule has 2 aliphatic heterocycles. The van der Waals surface area contributed by atoms with Gasteiger partial charge in [0.15, 0.2) is 12.6 Å². The summed E-state index contributed by atoms with van der Waals surface area (Å²) in [5.74, 6) is -0.240. The minimum atomic E-state index is -1.78. The van der Waals surface area contributed by atoms with Gasteiger partial charge in [0.2, 0.25) is 5.91 Å². The summed E-state index contributed by atoms with van der Waals surface area (Å²) >= 11 is 0. The second kappa shape index (κ2) is 36.8. The van der Waals surface area contributed by atoms with Crippen LogP contribution in [-0.4, -0.2) is 140 Å². The Kier molecular flexibility index (Phi) is 33.8. The van der Waals surface area contributed by atoms with E-state index in [1.54, 1.807) is 6.08 Å². The molecule has 2 heterocycles. The second-order valence-corrected chi connectivity index (χ2v) is 18.3. The molecule has 63 heavy (non-hydrogen) atoms. The van der Waals surface area contributed by atoms with E-state index in [0.29, 0.717) is 6.42 Å². The van der Waals surface area contributed by atoms with Gasteiger partial charge in [-0.2, -0.15) is 0 Å². The van der Waals surface area contributed by atoms with Crippen molar-refractivity contribution in [2.45, 2.75) is 274 Å². The van der Waals surface area contributed by atoms with Crippen molar-refractivity contribution < 1.29 is 64.6 Å². The molecule has 12 unspecified atom stereocenters. The van der Waals surface area contributed by atoms with E-state index in [9.17, 15) is 45.6 Å². The molecule has 0 bridgehead atoms. The average Bonchev–Trinajstić information content (AvgIpc) is 3.28. The van der Waals surface area contributed by atoms with Gasteiger partial charge in [0.05, 0.1) is 32.0 Å². The third-order valence-electron chi connectivity index (χ3n) is 12.7. The molecule has 1 amide bonds. The standard InChI is InChI=1S/C49H93NO13/c1-3-5-7-9-11-13-15-16-17-18-19-20-21-23-24-26-28-30-32-38(53)37(50-41(54)33-31-29-27-25-22-14-12-10-8-6-4-2)36-60-48-46(59)44(57)47(40(35-52)62-48)63-49-45(58)43(56)42(55)39(34-51)61-49/h30,32,37-40,42-49,51-53,55-59H,3-29,31,33-36H2,1-2H3,(H,50,54)/b32-30+. The Bertz CT molecular complexity index is 1120. The van der Waals surface area contributed by atoms with E-state index >= 15 is 0 Å². The zero-order chi connectivity index (χ0) is 46.1. The van der Waals surface area contributed by atoms with Crippen LogP contribution in [0.3, 0.4) is 0 Å². The first-order chi connectivity index (χ1) is 30.6. The monoisotopic (exact) mass is 904 g/mol. The fourth-order valence-electron chi connectivity index (χ4n) is 8.53. The lowest BCUT2D eigenvalue weighted by Crippen LogP contribution is -2.65. The maximum Gasteiger partial charge on any atom is 0.220 e. The zero-order valence-corrected chi connectivity index (χ0v) is 39.3. The maximum absolute atomic E-state index is 13.1. The van der Waals surface area contributed by atoms with E-state index in [2.05, 4.69) is 19.2 Å². The summed E-state index contributed by atoms with van der Waals surface area (Å²) in [6.07, 6.45) is 21.1. The van der Waals surface area contributed by atoms with Crippen LogP contribution in [0.2, 0.25) is 0 Å². The van der Waals surface area contributed by atoms with Crippen LogP contribution in [0.5, 0.6) is 0 Å². The van der Waals surface area contributed by atoms with Gasteiger partial charge in [-0.1, -0.05) is 187 Å². The molecule has 0 spiro atoms. The van der Waals surface area contributed by atoms with Gasteiger partial charge in [-0.3, -0.25) is 4.79 Å². The van der Waals surface area contributed by atoms with Crippen molar-refractivity contribution in [3.8, 4) is 0 Å². The summed E-state index contributed by atoms with van der Waals surface area (Å²) < 4.78 is 22.7. The van der Waals surface area contributed by atoms with Crippen molar-refractivity contribution in [2.75, 3.05) is 19.8 Å². The molecule has 2 rings (SSSR count). The molecule has 14 nitrogen and oxygen atoms in total. The number of allylic oxidation sites excluding steroid dienone is 1. The number of rotatable bonds is 39. The number of aliphatic hydroxyl groups is 8. The summed E-state index contributed by atoms with van der Waals surface area (Å²) in [7, 11) is 0. The maximum atomic E-state index is 13.1. The highest BCUT2D eigenvalue weighted by molar-refractivity contribution is 5.76. The molecule has 0 aromatic rings. The normalized spacial score (nSPS) is 27.5. The molecule has 0 radical (unpaired) electrons. The van der Waals surface area contributed by atoms with Gasteiger partial charge in [0.25, 0.3) is 0 Å². The smallest absolute Gasteiger partial charge is 0.220 e. The molecule has 9 N–H and O–H groups in total. The number of amides is 1. The molecule has 0 aliphatic carbocycles. The Morgan fingerprint density at radius 3 is 1.46 bits per heavy atom. The van der Waals surface area contributed by atoms with Crippen molar-refractivity contribution in [1.29, 1.82) is 0 Å². The molecule has 14 heteroatoms. The van der Waals surface area contributed by atoms with Crippen molar-refractivity contribution >= 4 is 5.91 Å². The highest BCUT2D eigenvalue weighted by Gasteiger charge is 2.51. The number of hydrogen-bond donors (Lipinski definition) is 9. The number of aliphatic hydroxyl groups excluding tert-OH is 8.